The van der Waals surface area contributed by atoms with Gasteiger partial charge in [-0.1, -0.05) is 38.6 Å². The van der Waals surface area contributed by atoms with Crippen molar-refractivity contribution in [1.82, 2.24) is 4.90 Å². The highest BCUT2D eigenvalue weighted by molar-refractivity contribution is 5.79. The molecule has 1 fully saturated rings. The zero-order valence-electron chi connectivity index (χ0n) is 12.5. The quantitative estimate of drug-likeness (QED) is 0.756. The summed E-state index contributed by atoms with van der Waals surface area (Å²) in [5.74, 6) is 0. The number of nitrogens with zero attached hydrogens (tertiary/aromatic N) is 1. The fourth-order valence-corrected chi connectivity index (χ4v) is 3.08. The van der Waals surface area contributed by atoms with E-state index >= 15 is 0 Å². The molecule has 2 heteroatoms. The maximum Gasteiger partial charge on any atom is 0.0438 e. The van der Waals surface area contributed by atoms with Gasteiger partial charge in [0.1, 0.15) is 0 Å². The molecule has 0 aliphatic carbocycles. The van der Waals surface area contributed by atoms with Gasteiger partial charge in [-0.2, -0.15) is 0 Å². The van der Waals surface area contributed by atoms with E-state index in [2.05, 4.69) is 48.1 Å². The molecule has 2 nitrogen and oxygen atoms in total. The summed E-state index contributed by atoms with van der Waals surface area (Å²) in [7, 11) is 2.21. The van der Waals surface area contributed by atoms with Crippen molar-refractivity contribution >= 4 is 11.3 Å². The Bertz CT molecular complexity index is 442. The van der Waals surface area contributed by atoms with E-state index in [1.165, 1.54) is 42.8 Å². The number of hydrogen-bond acceptors (Lipinski definition) is 2. The highest BCUT2D eigenvalue weighted by Crippen LogP contribution is 2.41. The number of anilines is 1. The molecule has 1 saturated heterocycles. The van der Waals surface area contributed by atoms with Gasteiger partial charge >= 0.3 is 0 Å². The van der Waals surface area contributed by atoms with E-state index in [4.69, 9.17) is 0 Å². The van der Waals surface area contributed by atoms with Gasteiger partial charge in [0.25, 0.3) is 0 Å². The van der Waals surface area contributed by atoms with Crippen LogP contribution in [0.1, 0.15) is 38.7 Å². The summed E-state index contributed by atoms with van der Waals surface area (Å²) in [6, 6.07) is 8.55. The van der Waals surface area contributed by atoms with E-state index < -0.39 is 0 Å². The summed E-state index contributed by atoms with van der Waals surface area (Å²) in [6.07, 6.45) is 3.53. The lowest BCUT2D eigenvalue weighted by Gasteiger charge is -2.45. The van der Waals surface area contributed by atoms with Crippen LogP contribution in [0, 0.1) is 0 Å². The van der Waals surface area contributed by atoms with Crippen LogP contribution in [-0.4, -0.2) is 30.6 Å². The van der Waals surface area contributed by atoms with Crippen molar-refractivity contribution in [3.63, 3.8) is 0 Å². The van der Waals surface area contributed by atoms with E-state index in [0.717, 1.165) is 6.42 Å². The second kappa shape index (κ2) is 5.79. The number of rotatable bonds is 0. The van der Waals surface area contributed by atoms with Crippen LogP contribution >= 0.6 is 0 Å². The molecule has 0 saturated carbocycles. The summed E-state index contributed by atoms with van der Waals surface area (Å²) in [5, 5.41) is 3.78. The van der Waals surface area contributed by atoms with Crippen molar-refractivity contribution in [2.75, 3.05) is 25.5 Å². The van der Waals surface area contributed by atoms with E-state index in [1.807, 2.05) is 13.8 Å². The van der Waals surface area contributed by atoms with Crippen molar-refractivity contribution in [2.45, 2.75) is 38.6 Å². The third-order valence-corrected chi connectivity index (χ3v) is 4.20. The third-order valence-electron chi connectivity index (χ3n) is 4.20. The van der Waals surface area contributed by atoms with E-state index in [9.17, 15) is 0 Å². The molecule has 0 amide bonds. The molecule has 104 valence electrons. The fraction of sp³-hybridized carbons (Fsp3) is 0.529. The Morgan fingerprint density at radius 1 is 1.16 bits per heavy atom. The second-order valence-corrected chi connectivity index (χ2v) is 5.53. The summed E-state index contributed by atoms with van der Waals surface area (Å²) >= 11 is 0. The van der Waals surface area contributed by atoms with Gasteiger partial charge in [-0.15, -0.1) is 0 Å². The molecule has 2 heterocycles. The molecule has 0 radical (unpaired) electrons. The van der Waals surface area contributed by atoms with Gasteiger partial charge in [-0.3, -0.25) is 0 Å². The fourth-order valence-electron chi connectivity index (χ4n) is 3.08. The van der Waals surface area contributed by atoms with E-state index in [1.54, 1.807) is 0 Å². The van der Waals surface area contributed by atoms with Gasteiger partial charge in [0.05, 0.1) is 0 Å². The monoisotopic (exact) mass is 258 g/mol. The van der Waals surface area contributed by atoms with Crippen molar-refractivity contribution < 1.29 is 0 Å². The van der Waals surface area contributed by atoms with E-state index in [0.29, 0.717) is 0 Å². The molecular weight excluding hydrogens is 232 g/mol. The molecule has 2 aliphatic heterocycles. The summed E-state index contributed by atoms with van der Waals surface area (Å²) in [5.41, 5.74) is 4.13. The molecule has 1 aromatic rings. The first-order valence-corrected chi connectivity index (χ1v) is 7.42. The second-order valence-electron chi connectivity index (χ2n) is 5.53. The van der Waals surface area contributed by atoms with Crippen LogP contribution < -0.4 is 5.32 Å². The average molecular weight is 258 g/mol. The first kappa shape index (κ1) is 14.1. The van der Waals surface area contributed by atoms with Gasteiger partial charge in [0.15, 0.2) is 0 Å². The predicted octanol–water partition coefficient (Wildman–Crippen LogP) is 4.01. The number of benzene rings is 1. The number of fused-ring (bicyclic) bond motifs is 1. The highest BCUT2D eigenvalue weighted by Gasteiger charge is 2.37. The maximum absolute atomic E-state index is 4.27. The summed E-state index contributed by atoms with van der Waals surface area (Å²) in [4.78, 5) is 2.41. The van der Waals surface area contributed by atoms with Crippen molar-refractivity contribution in [3.8, 4) is 0 Å². The van der Waals surface area contributed by atoms with Gasteiger partial charge in [-0.05, 0) is 37.9 Å². The Morgan fingerprint density at radius 3 is 2.47 bits per heavy atom. The standard InChI is InChI=1S/C15H20N2.C2H6/c1-12-11-15(7-9-17(2)10-8-15)16-14-6-4-3-5-13(12)14;1-2/h3-6,16H,1,7-11H2,2H3;1-2H3. The first-order valence-electron chi connectivity index (χ1n) is 7.42. The van der Waals surface area contributed by atoms with Crippen molar-refractivity contribution in [2.24, 2.45) is 0 Å². The lowest BCUT2D eigenvalue weighted by molar-refractivity contribution is 0.206. The molecule has 0 bridgehead atoms. The van der Waals surface area contributed by atoms with Crippen LogP contribution in [0.25, 0.3) is 5.57 Å². The lowest BCUT2D eigenvalue weighted by Crippen LogP contribution is -2.49. The Hall–Kier alpha value is -1.28. The Labute approximate surface area is 117 Å². The minimum Gasteiger partial charge on any atom is -0.379 e. The van der Waals surface area contributed by atoms with E-state index in [-0.39, 0.29) is 5.54 Å². The summed E-state index contributed by atoms with van der Waals surface area (Å²) < 4.78 is 0. The van der Waals surface area contributed by atoms with Gasteiger partial charge in [-0.25, -0.2) is 0 Å². The third kappa shape index (κ3) is 2.84. The Balaban J connectivity index is 0.000000637. The number of hydrogen-bond donors (Lipinski definition) is 1. The number of likely N-dealkylation sites (tertiary alicyclic amines) is 1. The molecule has 2 aliphatic rings. The minimum absolute atomic E-state index is 0.262. The molecule has 0 atom stereocenters. The van der Waals surface area contributed by atoms with Crippen molar-refractivity contribution in [3.05, 3.63) is 36.4 Å². The van der Waals surface area contributed by atoms with Crippen LogP contribution in [0.4, 0.5) is 5.69 Å². The first-order chi connectivity index (χ1) is 9.19. The number of piperidine rings is 1. The molecule has 3 rings (SSSR count). The zero-order valence-corrected chi connectivity index (χ0v) is 12.5. The van der Waals surface area contributed by atoms with Gasteiger partial charge in [0, 0.05) is 29.9 Å². The lowest BCUT2D eigenvalue weighted by atomic mass is 9.77. The zero-order chi connectivity index (χ0) is 13.9. The van der Waals surface area contributed by atoms with Crippen LogP contribution in [0.15, 0.2) is 30.8 Å². The smallest absolute Gasteiger partial charge is 0.0438 e. The van der Waals surface area contributed by atoms with Gasteiger partial charge < -0.3 is 10.2 Å². The summed E-state index contributed by atoms with van der Waals surface area (Å²) in [6.45, 7) is 10.6. The largest absolute Gasteiger partial charge is 0.379 e. The molecule has 1 aromatic carbocycles. The molecular formula is C17H26N2. The molecule has 0 aromatic heterocycles. The van der Waals surface area contributed by atoms with Crippen molar-refractivity contribution in [1.29, 1.82) is 0 Å². The van der Waals surface area contributed by atoms with Crippen LogP contribution in [0.5, 0.6) is 0 Å². The van der Waals surface area contributed by atoms with Crippen LogP contribution in [-0.2, 0) is 0 Å². The van der Waals surface area contributed by atoms with Crippen LogP contribution in [0.2, 0.25) is 0 Å². The maximum atomic E-state index is 4.27. The topological polar surface area (TPSA) is 15.3 Å². The molecule has 19 heavy (non-hydrogen) atoms. The Morgan fingerprint density at radius 2 is 1.79 bits per heavy atom. The number of nitrogens with one attached hydrogen (secondary N) is 1. The normalized spacial score (nSPS) is 21.1. The highest BCUT2D eigenvalue weighted by atomic mass is 15.1. The average Bonchev–Trinajstić information content (AvgIpc) is 2.45. The number of para-hydroxylation sites is 1. The predicted molar refractivity (Wildman–Crippen MR) is 84.5 cm³/mol. The minimum atomic E-state index is 0.262. The van der Waals surface area contributed by atoms with Crippen LogP contribution in [0.3, 0.4) is 0 Å². The molecule has 1 N–H and O–H groups in total. The molecule has 0 unspecified atom stereocenters. The Kier molecular flexibility index (Phi) is 4.31. The SMILES string of the molecule is C=C1CC2(CCN(C)CC2)Nc2ccccc21.CC. The molecule has 1 spiro atoms. The van der Waals surface area contributed by atoms with Gasteiger partial charge in [0.2, 0.25) is 0 Å².